The minimum absolute atomic E-state index is 0.266. The lowest BCUT2D eigenvalue weighted by Crippen LogP contribution is -2.22. The predicted molar refractivity (Wildman–Crippen MR) is 39.9 cm³/mol. The van der Waals surface area contributed by atoms with Gasteiger partial charge in [0.1, 0.15) is 5.82 Å². The van der Waals surface area contributed by atoms with Crippen LogP contribution in [0.4, 0.5) is 5.82 Å². The molecule has 5 heteroatoms. The maximum atomic E-state index is 9.05. The van der Waals surface area contributed by atoms with E-state index in [-0.39, 0.29) is 5.82 Å². The fraction of sp³-hybridized carbons (Fsp3) is 0.333. The van der Waals surface area contributed by atoms with Crippen molar-refractivity contribution in [3.63, 3.8) is 0 Å². The molecule has 60 valence electrons. The van der Waals surface area contributed by atoms with Gasteiger partial charge in [-0.25, -0.2) is 0 Å². The average Bonchev–Trinajstić information content (AvgIpc) is 1.95. The molecule has 0 saturated carbocycles. The maximum absolute atomic E-state index is 9.05. The van der Waals surface area contributed by atoms with Gasteiger partial charge in [0, 0.05) is 6.54 Å². The highest BCUT2D eigenvalue weighted by Gasteiger charge is 1.90. The van der Waals surface area contributed by atoms with Crippen LogP contribution in [0, 0.1) is 0 Å². The lowest BCUT2D eigenvalue weighted by molar-refractivity contribution is 0.132. The Morgan fingerprint density at radius 2 is 2.45 bits per heavy atom. The first kappa shape index (κ1) is 7.59. The number of nitrogen functional groups attached to an aromatic ring is 1. The Bertz CT molecular complexity index is 304. The Hall–Kier alpha value is -1.52. The summed E-state index contributed by atoms with van der Waals surface area (Å²) in [6.07, 6.45) is 0. The first-order valence-corrected chi connectivity index (χ1v) is 3.29. The second kappa shape index (κ2) is 3.05. The molecule has 1 heterocycles. The van der Waals surface area contributed by atoms with Crippen molar-refractivity contribution in [2.24, 2.45) is 4.99 Å². The van der Waals surface area contributed by atoms with E-state index in [1.807, 2.05) is 6.92 Å². The molecular formula is C6H10N4O. The molecule has 1 aromatic rings. The zero-order valence-electron chi connectivity index (χ0n) is 6.23. The molecule has 0 spiro atoms. The smallest absolute Gasteiger partial charge is 0.185 e. The van der Waals surface area contributed by atoms with Crippen molar-refractivity contribution in [3.05, 3.63) is 17.6 Å². The molecule has 3 N–H and O–H groups in total. The van der Waals surface area contributed by atoms with E-state index >= 15 is 0 Å². The summed E-state index contributed by atoms with van der Waals surface area (Å²) < 4.78 is 0. The van der Waals surface area contributed by atoms with Crippen LogP contribution in [0.2, 0.25) is 0 Å². The molecule has 5 nitrogen and oxygen atoms in total. The van der Waals surface area contributed by atoms with Crippen LogP contribution >= 0.6 is 0 Å². The lowest BCUT2D eigenvalue weighted by Gasteiger charge is -1.96. The van der Waals surface area contributed by atoms with Crippen LogP contribution in [-0.2, 0) is 0 Å². The fourth-order valence-electron chi connectivity index (χ4n) is 0.698. The van der Waals surface area contributed by atoms with Gasteiger partial charge in [0.15, 0.2) is 5.49 Å². The lowest BCUT2D eigenvalue weighted by atomic mass is 10.5. The molecule has 0 aliphatic rings. The van der Waals surface area contributed by atoms with Gasteiger partial charge in [0.25, 0.3) is 0 Å². The molecule has 0 aromatic carbocycles. The summed E-state index contributed by atoms with van der Waals surface area (Å²) in [7, 11) is 0. The van der Waals surface area contributed by atoms with E-state index in [0.717, 1.165) is 0 Å². The van der Waals surface area contributed by atoms with Gasteiger partial charge in [-0.3, -0.25) is 4.99 Å². The van der Waals surface area contributed by atoms with E-state index in [9.17, 15) is 0 Å². The van der Waals surface area contributed by atoms with Gasteiger partial charge in [-0.15, -0.1) is 5.10 Å². The monoisotopic (exact) mass is 154 g/mol. The van der Waals surface area contributed by atoms with Crippen molar-refractivity contribution in [1.29, 1.82) is 0 Å². The molecule has 0 unspecified atom stereocenters. The average molecular weight is 154 g/mol. The molecule has 1 aromatic heterocycles. The van der Waals surface area contributed by atoms with Crippen molar-refractivity contribution >= 4 is 5.82 Å². The molecule has 0 fully saturated rings. The summed E-state index contributed by atoms with van der Waals surface area (Å²) in [5.74, 6) is 0.266. The van der Waals surface area contributed by atoms with E-state index in [1.54, 1.807) is 12.1 Å². The van der Waals surface area contributed by atoms with Gasteiger partial charge in [-0.2, -0.15) is 0 Å². The summed E-state index contributed by atoms with van der Waals surface area (Å²) in [4.78, 5) is 4.61. The van der Waals surface area contributed by atoms with Gasteiger partial charge < -0.3 is 10.9 Å². The highest BCUT2D eigenvalue weighted by molar-refractivity contribution is 5.23. The van der Waals surface area contributed by atoms with Crippen molar-refractivity contribution in [2.45, 2.75) is 6.92 Å². The molecule has 0 radical (unpaired) electrons. The number of anilines is 1. The fourth-order valence-corrected chi connectivity index (χ4v) is 0.698. The molecule has 0 amide bonds. The van der Waals surface area contributed by atoms with E-state index in [0.29, 0.717) is 16.9 Å². The van der Waals surface area contributed by atoms with Crippen molar-refractivity contribution in [2.75, 3.05) is 12.3 Å². The van der Waals surface area contributed by atoms with Gasteiger partial charge in [0.05, 0.1) is 0 Å². The largest absolute Gasteiger partial charge is 0.410 e. The third-order valence-corrected chi connectivity index (χ3v) is 1.14. The number of nitrogens with zero attached hydrogens (tertiary/aromatic N) is 3. The Labute approximate surface area is 63.8 Å². The van der Waals surface area contributed by atoms with Crippen LogP contribution in [0.25, 0.3) is 0 Å². The summed E-state index contributed by atoms with van der Waals surface area (Å²) in [5.41, 5.74) is 5.69. The van der Waals surface area contributed by atoms with Crippen LogP contribution < -0.4 is 11.2 Å². The number of aromatic nitrogens is 2. The Morgan fingerprint density at radius 1 is 1.73 bits per heavy atom. The SMILES string of the molecule is CCN=c1ccc(N)nn1O. The normalized spacial score (nSPS) is 11.9. The van der Waals surface area contributed by atoms with E-state index in [2.05, 4.69) is 10.1 Å². The van der Waals surface area contributed by atoms with Gasteiger partial charge >= 0.3 is 0 Å². The molecule has 1 rings (SSSR count). The molecular weight excluding hydrogens is 144 g/mol. The second-order valence-electron chi connectivity index (χ2n) is 1.98. The number of nitrogens with two attached hydrogens (primary N) is 1. The van der Waals surface area contributed by atoms with Crippen LogP contribution in [0.15, 0.2) is 17.1 Å². The molecule has 0 saturated heterocycles. The minimum Gasteiger partial charge on any atom is -0.410 e. The van der Waals surface area contributed by atoms with E-state index < -0.39 is 0 Å². The molecule has 0 atom stereocenters. The van der Waals surface area contributed by atoms with Crippen molar-refractivity contribution in [3.8, 4) is 0 Å². The Morgan fingerprint density at radius 3 is 3.00 bits per heavy atom. The molecule has 0 aliphatic carbocycles. The first-order valence-electron chi connectivity index (χ1n) is 3.29. The summed E-state index contributed by atoms with van der Waals surface area (Å²) in [6, 6.07) is 3.19. The predicted octanol–water partition coefficient (Wildman–Crippen LogP) is -0.377. The third kappa shape index (κ3) is 1.70. The topological polar surface area (TPSA) is 76.4 Å². The number of hydrogen-bond donors (Lipinski definition) is 2. The van der Waals surface area contributed by atoms with Crippen molar-refractivity contribution < 1.29 is 5.21 Å². The van der Waals surface area contributed by atoms with Gasteiger partial charge in [-0.1, -0.05) is 4.85 Å². The highest BCUT2D eigenvalue weighted by atomic mass is 16.5. The molecule has 0 aliphatic heterocycles. The van der Waals surface area contributed by atoms with Gasteiger partial charge in [0.2, 0.25) is 0 Å². The Kier molecular flexibility index (Phi) is 2.10. The zero-order valence-corrected chi connectivity index (χ0v) is 6.23. The first-order chi connectivity index (χ1) is 5.24. The standard InChI is InChI=1S/C6H10N4O/c1-2-8-6-4-3-5(7)9-10(6)11/h3-4,11H,2H2,1H3,(H2,7,9). The number of hydrogen-bond acceptors (Lipinski definition) is 4. The Balaban J connectivity index is 3.20. The van der Waals surface area contributed by atoms with E-state index in [4.69, 9.17) is 10.9 Å². The molecule has 0 bridgehead atoms. The van der Waals surface area contributed by atoms with Crippen molar-refractivity contribution in [1.82, 2.24) is 9.94 Å². The minimum atomic E-state index is 0.266. The highest BCUT2D eigenvalue weighted by Crippen LogP contribution is 1.86. The summed E-state index contributed by atoms with van der Waals surface area (Å²) in [5, 5.41) is 12.6. The quantitative estimate of drug-likeness (QED) is 0.541. The summed E-state index contributed by atoms with van der Waals surface area (Å²) in [6.45, 7) is 2.47. The second-order valence-corrected chi connectivity index (χ2v) is 1.98. The van der Waals surface area contributed by atoms with Gasteiger partial charge in [-0.05, 0) is 19.1 Å². The molecule has 11 heavy (non-hydrogen) atoms. The number of rotatable bonds is 1. The third-order valence-electron chi connectivity index (χ3n) is 1.14. The maximum Gasteiger partial charge on any atom is 0.185 e. The van der Waals surface area contributed by atoms with Crippen LogP contribution in [0.3, 0.4) is 0 Å². The zero-order chi connectivity index (χ0) is 8.27. The van der Waals surface area contributed by atoms with Crippen LogP contribution in [0.5, 0.6) is 0 Å². The van der Waals surface area contributed by atoms with E-state index in [1.165, 1.54) is 0 Å². The van der Waals surface area contributed by atoms with Crippen LogP contribution in [0.1, 0.15) is 6.92 Å². The van der Waals surface area contributed by atoms with Crippen LogP contribution in [-0.4, -0.2) is 21.7 Å². The summed E-state index contributed by atoms with van der Waals surface area (Å²) >= 11 is 0.